The molecule has 0 aliphatic heterocycles. The molecule has 3 heteroatoms. The van der Waals surface area contributed by atoms with Crippen LogP contribution in [0.5, 0.6) is 0 Å². The summed E-state index contributed by atoms with van der Waals surface area (Å²) in [6.45, 7) is 8.05. The average molecular weight is 236 g/mol. The third kappa shape index (κ3) is 3.99. The van der Waals surface area contributed by atoms with E-state index >= 15 is 0 Å². The summed E-state index contributed by atoms with van der Waals surface area (Å²) in [4.78, 5) is 11.8. The Bertz CT molecular complexity index is 385. The van der Waals surface area contributed by atoms with E-state index in [1.807, 2.05) is 32.5 Å². The summed E-state index contributed by atoms with van der Waals surface area (Å²) in [5.41, 5.74) is 2.15. The predicted molar refractivity (Wildman–Crippen MR) is 70.0 cm³/mol. The number of Topliss-reactive ketones (excluding diaryl/α,β-unsaturated/α-hetero) is 1. The highest BCUT2D eigenvalue weighted by Crippen LogP contribution is 2.18. The van der Waals surface area contributed by atoms with Crippen LogP contribution in [0.25, 0.3) is 0 Å². The number of nitrogens with zero attached hydrogens (tertiary/aromatic N) is 2. The van der Waals surface area contributed by atoms with Crippen molar-refractivity contribution in [2.45, 2.75) is 53.4 Å². The highest BCUT2D eigenvalue weighted by Gasteiger charge is 2.20. The maximum Gasteiger partial charge on any atom is 0.138 e. The SMILES string of the molecule is CCc1cc(CCCC(=O)C(C)(C)C)n(C)n1. The van der Waals surface area contributed by atoms with Gasteiger partial charge in [0.1, 0.15) is 5.78 Å². The smallest absolute Gasteiger partial charge is 0.138 e. The number of carbonyl (C=O) groups is 1. The Balaban J connectivity index is 2.46. The normalized spacial score (nSPS) is 11.8. The molecule has 0 aliphatic carbocycles. The van der Waals surface area contributed by atoms with E-state index in [-0.39, 0.29) is 5.41 Å². The molecule has 0 amide bonds. The van der Waals surface area contributed by atoms with Gasteiger partial charge < -0.3 is 0 Å². The van der Waals surface area contributed by atoms with Crippen LogP contribution in [0, 0.1) is 5.41 Å². The fourth-order valence-electron chi connectivity index (χ4n) is 1.78. The number of rotatable bonds is 5. The summed E-state index contributed by atoms with van der Waals surface area (Å²) in [6, 6.07) is 2.14. The molecule has 96 valence electrons. The minimum absolute atomic E-state index is 0.207. The molecule has 0 N–H and O–H groups in total. The number of hydrogen-bond acceptors (Lipinski definition) is 2. The first-order chi connectivity index (χ1) is 7.84. The zero-order valence-corrected chi connectivity index (χ0v) is 11.7. The van der Waals surface area contributed by atoms with Crippen molar-refractivity contribution in [2.75, 3.05) is 0 Å². The van der Waals surface area contributed by atoms with Gasteiger partial charge in [0.25, 0.3) is 0 Å². The lowest BCUT2D eigenvalue weighted by Gasteiger charge is -2.16. The predicted octanol–water partition coefficient (Wildman–Crippen LogP) is 2.92. The lowest BCUT2D eigenvalue weighted by atomic mass is 9.88. The molecule has 0 spiro atoms. The van der Waals surface area contributed by atoms with Crippen molar-refractivity contribution in [3.8, 4) is 0 Å². The molecule has 0 fully saturated rings. The van der Waals surface area contributed by atoms with Crippen molar-refractivity contribution in [3.05, 3.63) is 17.5 Å². The summed E-state index contributed by atoms with van der Waals surface area (Å²) in [7, 11) is 1.97. The molecule has 17 heavy (non-hydrogen) atoms. The zero-order valence-electron chi connectivity index (χ0n) is 11.7. The van der Waals surface area contributed by atoms with Crippen LogP contribution in [-0.2, 0) is 24.7 Å². The number of aromatic nitrogens is 2. The van der Waals surface area contributed by atoms with E-state index in [9.17, 15) is 4.79 Å². The maximum atomic E-state index is 11.8. The van der Waals surface area contributed by atoms with Crippen molar-refractivity contribution in [1.82, 2.24) is 9.78 Å². The van der Waals surface area contributed by atoms with Crippen LogP contribution in [0.2, 0.25) is 0 Å². The number of hydrogen-bond donors (Lipinski definition) is 0. The highest BCUT2D eigenvalue weighted by atomic mass is 16.1. The van der Waals surface area contributed by atoms with E-state index < -0.39 is 0 Å². The van der Waals surface area contributed by atoms with Crippen LogP contribution in [-0.4, -0.2) is 15.6 Å². The van der Waals surface area contributed by atoms with E-state index in [1.165, 1.54) is 5.69 Å². The fraction of sp³-hybridized carbons (Fsp3) is 0.714. The van der Waals surface area contributed by atoms with Crippen LogP contribution in [0.3, 0.4) is 0 Å². The second-order valence-electron chi connectivity index (χ2n) is 5.63. The second kappa shape index (κ2) is 5.48. The van der Waals surface area contributed by atoms with Gasteiger partial charge in [0.15, 0.2) is 0 Å². The van der Waals surface area contributed by atoms with Gasteiger partial charge in [-0.3, -0.25) is 9.48 Å². The van der Waals surface area contributed by atoms with Crippen molar-refractivity contribution in [1.29, 1.82) is 0 Å². The Hall–Kier alpha value is -1.12. The minimum Gasteiger partial charge on any atom is -0.299 e. The zero-order chi connectivity index (χ0) is 13.1. The van der Waals surface area contributed by atoms with E-state index in [2.05, 4.69) is 18.1 Å². The highest BCUT2D eigenvalue weighted by molar-refractivity contribution is 5.83. The van der Waals surface area contributed by atoms with Gasteiger partial charge in [-0.15, -0.1) is 0 Å². The topological polar surface area (TPSA) is 34.9 Å². The van der Waals surface area contributed by atoms with Crippen LogP contribution in [0.1, 0.15) is 51.9 Å². The Morgan fingerprint density at radius 2 is 2.06 bits per heavy atom. The van der Waals surface area contributed by atoms with Gasteiger partial charge >= 0.3 is 0 Å². The molecule has 0 saturated carbocycles. The van der Waals surface area contributed by atoms with Crippen LogP contribution < -0.4 is 0 Å². The van der Waals surface area contributed by atoms with Crippen molar-refractivity contribution < 1.29 is 4.79 Å². The molecule has 0 aliphatic rings. The van der Waals surface area contributed by atoms with Crippen LogP contribution in [0.4, 0.5) is 0 Å². The largest absolute Gasteiger partial charge is 0.299 e. The third-order valence-corrected chi connectivity index (χ3v) is 3.06. The number of ketones is 1. The molecule has 0 aromatic carbocycles. The lowest BCUT2D eigenvalue weighted by Crippen LogP contribution is -2.19. The second-order valence-corrected chi connectivity index (χ2v) is 5.63. The quantitative estimate of drug-likeness (QED) is 0.788. The fourth-order valence-corrected chi connectivity index (χ4v) is 1.78. The van der Waals surface area contributed by atoms with Gasteiger partial charge in [-0.2, -0.15) is 5.10 Å². The van der Waals surface area contributed by atoms with E-state index in [1.54, 1.807) is 0 Å². The number of carbonyl (C=O) groups excluding carboxylic acids is 1. The van der Waals surface area contributed by atoms with Crippen molar-refractivity contribution >= 4 is 5.78 Å². The molecule has 0 radical (unpaired) electrons. The van der Waals surface area contributed by atoms with Crippen LogP contribution in [0.15, 0.2) is 6.07 Å². The Morgan fingerprint density at radius 3 is 2.53 bits per heavy atom. The monoisotopic (exact) mass is 236 g/mol. The molecule has 0 atom stereocenters. The number of aryl methyl sites for hydroxylation is 3. The minimum atomic E-state index is -0.207. The Kier molecular flexibility index (Phi) is 4.49. The summed E-state index contributed by atoms with van der Waals surface area (Å²) < 4.78 is 1.93. The average Bonchev–Trinajstić information content (AvgIpc) is 2.58. The summed E-state index contributed by atoms with van der Waals surface area (Å²) >= 11 is 0. The molecule has 0 bridgehead atoms. The molecule has 1 aromatic rings. The van der Waals surface area contributed by atoms with Gasteiger partial charge in [-0.1, -0.05) is 27.7 Å². The van der Waals surface area contributed by atoms with Crippen molar-refractivity contribution in [2.24, 2.45) is 12.5 Å². The van der Waals surface area contributed by atoms with Gasteiger partial charge in [-0.25, -0.2) is 0 Å². The molecule has 1 aromatic heterocycles. The molecular formula is C14H24N2O. The van der Waals surface area contributed by atoms with Gasteiger partial charge in [0, 0.05) is 24.6 Å². The molecular weight excluding hydrogens is 212 g/mol. The molecule has 1 heterocycles. The maximum absolute atomic E-state index is 11.8. The third-order valence-electron chi connectivity index (χ3n) is 3.06. The van der Waals surface area contributed by atoms with Crippen LogP contribution >= 0.6 is 0 Å². The summed E-state index contributed by atoms with van der Waals surface area (Å²) in [5, 5.41) is 4.41. The first-order valence-electron chi connectivity index (χ1n) is 6.39. The summed E-state index contributed by atoms with van der Waals surface area (Å²) in [6.07, 6.45) is 3.48. The molecule has 0 unspecified atom stereocenters. The molecule has 3 nitrogen and oxygen atoms in total. The van der Waals surface area contributed by atoms with Gasteiger partial charge in [0.05, 0.1) is 5.69 Å². The molecule has 0 saturated heterocycles. The summed E-state index contributed by atoms with van der Waals surface area (Å²) in [5.74, 6) is 0.343. The Labute approximate surface area is 104 Å². The standard InChI is InChI=1S/C14H24N2O/c1-6-11-10-12(16(5)15-11)8-7-9-13(17)14(2,3)4/h10H,6-9H2,1-5H3. The van der Waals surface area contributed by atoms with E-state index in [0.717, 1.165) is 25.0 Å². The van der Waals surface area contributed by atoms with Gasteiger partial charge in [-0.05, 0) is 25.3 Å². The van der Waals surface area contributed by atoms with E-state index in [4.69, 9.17) is 0 Å². The first kappa shape index (κ1) is 13.9. The Morgan fingerprint density at radius 1 is 1.41 bits per heavy atom. The first-order valence-corrected chi connectivity index (χ1v) is 6.39. The lowest BCUT2D eigenvalue weighted by molar-refractivity contribution is -0.126. The van der Waals surface area contributed by atoms with E-state index in [0.29, 0.717) is 12.2 Å². The van der Waals surface area contributed by atoms with Crippen molar-refractivity contribution in [3.63, 3.8) is 0 Å². The molecule has 1 rings (SSSR count). The van der Waals surface area contributed by atoms with Gasteiger partial charge in [0.2, 0.25) is 0 Å².